The predicted molar refractivity (Wildman–Crippen MR) is 74.3 cm³/mol. The molecule has 2 N–H and O–H groups in total. The molecule has 0 aromatic carbocycles. The lowest BCUT2D eigenvalue weighted by molar-refractivity contribution is 0.108. The minimum absolute atomic E-state index is 0.316. The molecule has 0 amide bonds. The number of nitrogens with one attached hydrogen (secondary N) is 2. The minimum Gasteiger partial charge on any atom is -0.378 e. The number of hydrogen-bond donors (Lipinski definition) is 2. The Morgan fingerprint density at radius 2 is 2.21 bits per heavy atom. The van der Waals surface area contributed by atoms with Crippen molar-refractivity contribution >= 4 is 11.6 Å². The average Bonchev–Trinajstić information content (AvgIpc) is 2.82. The highest BCUT2D eigenvalue weighted by atomic mass is 16.5. The summed E-state index contributed by atoms with van der Waals surface area (Å²) in [5.74, 6) is 2.83. The minimum atomic E-state index is 0.316. The highest BCUT2D eigenvalue weighted by Gasteiger charge is 2.23. The van der Waals surface area contributed by atoms with Crippen molar-refractivity contribution in [3.63, 3.8) is 0 Å². The van der Waals surface area contributed by atoms with Gasteiger partial charge in [0.1, 0.15) is 18.2 Å². The van der Waals surface area contributed by atoms with E-state index in [0.29, 0.717) is 24.5 Å². The normalized spacial score (nSPS) is 22.5. The third-order valence-corrected chi connectivity index (χ3v) is 3.38. The first-order chi connectivity index (χ1) is 9.22. The number of hydrogen-bond acceptors (Lipinski definition) is 6. The summed E-state index contributed by atoms with van der Waals surface area (Å²) in [5, 5.41) is 6.40. The molecule has 6 heteroatoms. The zero-order chi connectivity index (χ0) is 13.7. The zero-order valence-corrected chi connectivity index (χ0v) is 11.8. The summed E-state index contributed by atoms with van der Waals surface area (Å²) in [5.41, 5.74) is 0. The van der Waals surface area contributed by atoms with Gasteiger partial charge in [0, 0.05) is 39.3 Å². The molecule has 0 radical (unpaired) electrons. The standard InChI is InChI=1S/C13H22N4O2/c1-9-10(4-5-19-9)7-15-12-6-11(14-2)16-13(17-12)8-18-3/h6,9-10H,4-5,7-8H2,1-3H3,(H2,14,15,16,17). The highest BCUT2D eigenvalue weighted by Crippen LogP contribution is 2.21. The third kappa shape index (κ3) is 3.78. The summed E-state index contributed by atoms with van der Waals surface area (Å²) in [6, 6.07) is 1.90. The number of anilines is 2. The van der Waals surface area contributed by atoms with Crippen molar-refractivity contribution in [3.8, 4) is 0 Å². The topological polar surface area (TPSA) is 68.3 Å². The molecule has 0 bridgehead atoms. The van der Waals surface area contributed by atoms with E-state index in [9.17, 15) is 0 Å². The van der Waals surface area contributed by atoms with Gasteiger partial charge in [-0.1, -0.05) is 0 Å². The molecular formula is C13H22N4O2. The van der Waals surface area contributed by atoms with Crippen LogP contribution in [0.15, 0.2) is 6.07 Å². The van der Waals surface area contributed by atoms with Crippen LogP contribution < -0.4 is 10.6 Å². The molecule has 0 aliphatic carbocycles. The Morgan fingerprint density at radius 3 is 2.84 bits per heavy atom. The van der Waals surface area contributed by atoms with Gasteiger partial charge in [-0.2, -0.15) is 0 Å². The molecule has 0 saturated carbocycles. The highest BCUT2D eigenvalue weighted by molar-refractivity contribution is 5.47. The zero-order valence-electron chi connectivity index (χ0n) is 11.8. The summed E-state index contributed by atoms with van der Waals surface area (Å²) in [6.45, 7) is 4.25. The SMILES string of the molecule is CNc1cc(NCC2CCOC2C)nc(COC)n1. The van der Waals surface area contributed by atoms with Crippen LogP contribution in [0.5, 0.6) is 0 Å². The second kappa shape index (κ2) is 6.68. The van der Waals surface area contributed by atoms with E-state index in [4.69, 9.17) is 9.47 Å². The number of nitrogens with zero attached hydrogens (tertiary/aromatic N) is 2. The van der Waals surface area contributed by atoms with E-state index in [1.165, 1.54) is 0 Å². The van der Waals surface area contributed by atoms with E-state index in [0.717, 1.165) is 31.2 Å². The number of ether oxygens (including phenoxy) is 2. The van der Waals surface area contributed by atoms with Crippen LogP contribution in [0.25, 0.3) is 0 Å². The largest absolute Gasteiger partial charge is 0.378 e. The lowest BCUT2D eigenvalue weighted by Crippen LogP contribution is -2.21. The Kier molecular flexibility index (Phi) is 4.93. The fourth-order valence-corrected chi connectivity index (χ4v) is 2.19. The van der Waals surface area contributed by atoms with Crippen molar-refractivity contribution in [2.24, 2.45) is 5.92 Å². The molecule has 19 heavy (non-hydrogen) atoms. The van der Waals surface area contributed by atoms with Gasteiger partial charge in [0.15, 0.2) is 5.82 Å². The molecule has 0 spiro atoms. The van der Waals surface area contributed by atoms with Crippen LogP contribution in [0.2, 0.25) is 0 Å². The molecular weight excluding hydrogens is 244 g/mol. The molecule has 1 fully saturated rings. The summed E-state index contributed by atoms with van der Waals surface area (Å²) < 4.78 is 10.6. The third-order valence-electron chi connectivity index (χ3n) is 3.38. The molecule has 1 aromatic rings. The maximum atomic E-state index is 5.56. The lowest BCUT2D eigenvalue weighted by Gasteiger charge is -2.16. The van der Waals surface area contributed by atoms with E-state index in [2.05, 4.69) is 27.5 Å². The van der Waals surface area contributed by atoms with E-state index < -0.39 is 0 Å². The first kappa shape index (κ1) is 14.0. The number of aromatic nitrogens is 2. The van der Waals surface area contributed by atoms with E-state index in [1.54, 1.807) is 7.11 Å². The Hall–Kier alpha value is -1.40. The molecule has 1 aromatic heterocycles. The van der Waals surface area contributed by atoms with E-state index in [1.807, 2.05) is 13.1 Å². The van der Waals surface area contributed by atoms with Gasteiger partial charge in [-0.3, -0.25) is 0 Å². The van der Waals surface area contributed by atoms with Gasteiger partial charge in [-0.05, 0) is 13.3 Å². The molecule has 2 unspecified atom stereocenters. The van der Waals surface area contributed by atoms with Crippen LogP contribution in [0.3, 0.4) is 0 Å². The Balaban J connectivity index is 2.00. The van der Waals surface area contributed by atoms with Crippen LogP contribution >= 0.6 is 0 Å². The van der Waals surface area contributed by atoms with Crippen molar-refractivity contribution < 1.29 is 9.47 Å². The summed E-state index contributed by atoms with van der Waals surface area (Å²) >= 11 is 0. The van der Waals surface area contributed by atoms with Gasteiger partial charge in [0.2, 0.25) is 0 Å². The summed E-state index contributed by atoms with van der Waals surface area (Å²) in [7, 11) is 3.48. The Labute approximate surface area is 113 Å². The fraction of sp³-hybridized carbons (Fsp3) is 0.692. The van der Waals surface area contributed by atoms with E-state index >= 15 is 0 Å². The van der Waals surface area contributed by atoms with Crippen molar-refractivity contribution in [1.29, 1.82) is 0 Å². The van der Waals surface area contributed by atoms with Gasteiger partial charge < -0.3 is 20.1 Å². The van der Waals surface area contributed by atoms with Crippen LogP contribution in [0, 0.1) is 5.92 Å². The van der Waals surface area contributed by atoms with Crippen molar-refractivity contribution in [3.05, 3.63) is 11.9 Å². The fourth-order valence-electron chi connectivity index (χ4n) is 2.19. The number of methoxy groups -OCH3 is 1. The van der Waals surface area contributed by atoms with Crippen molar-refractivity contribution in [1.82, 2.24) is 9.97 Å². The average molecular weight is 266 g/mol. The van der Waals surface area contributed by atoms with Gasteiger partial charge >= 0.3 is 0 Å². The molecule has 2 atom stereocenters. The van der Waals surface area contributed by atoms with Crippen molar-refractivity contribution in [2.45, 2.75) is 26.1 Å². The second-order valence-corrected chi connectivity index (χ2v) is 4.74. The monoisotopic (exact) mass is 266 g/mol. The summed E-state index contributed by atoms with van der Waals surface area (Å²) in [6.07, 6.45) is 1.42. The molecule has 1 saturated heterocycles. The molecule has 2 heterocycles. The predicted octanol–water partition coefficient (Wildman–Crippen LogP) is 1.50. The molecule has 2 rings (SSSR count). The van der Waals surface area contributed by atoms with Crippen molar-refractivity contribution in [2.75, 3.05) is 37.9 Å². The van der Waals surface area contributed by atoms with Crippen LogP contribution in [0.1, 0.15) is 19.2 Å². The lowest BCUT2D eigenvalue weighted by atomic mass is 10.0. The van der Waals surface area contributed by atoms with Gasteiger partial charge in [0.05, 0.1) is 6.10 Å². The molecule has 1 aliphatic heterocycles. The van der Waals surface area contributed by atoms with Gasteiger partial charge in [0.25, 0.3) is 0 Å². The smallest absolute Gasteiger partial charge is 0.158 e. The molecule has 1 aliphatic rings. The molecule has 106 valence electrons. The Morgan fingerprint density at radius 1 is 1.42 bits per heavy atom. The number of rotatable bonds is 6. The van der Waals surface area contributed by atoms with Crippen LogP contribution in [0.4, 0.5) is 11.6 Å². The Bertz CT molecular complexity index is 414. The quantitative estimate of drug-likeness (QED) is 0.813. The molecule has 6 nitrogen and oxygen atoms in total. The first-order valence-electron chi connectivity index (χ1n) is 6.63. The van der Waals surface area contributed by atoms with Gasteiger partial charge in [-0.15, -0.1) is 0 Å². The second-order valence-electron chi connectivity index (χ2n) is 4.74. The van der Waals surface area contributed by atoms with Gasteiger partial charge in [-0.25, -0.2) is 9.97 Å². The van der Waals surface area contributed by atoms with Crippen LogP contribution in [-0.4, -0.2) is 43.4 Å². The maximum Gasteiger partial charge on any atom is 0.158 e. The van der Waals surface area contributed by atoms with Crippen LogP contribution in [-0.2, 0) is 16.1 Å². The maximum absolute atomic E-state index is 5.56. The summed E-state index contributed by atoms with van der Waals surface area (Å²) in [4.78, 5) is 8.75. The first-order valence-corrected chi connectivity index (χ1v) is 6.63. The van der Waals surface area contributed by atoms with E-state index in [-0.39, 0.29) is 0 Å².